The fourth-order valence-corrected chi connectivity index (χ4v) is 3.08. The number of pyridine rings is 1. The van der Waals surface area contributed by atoms with Gasteiger partial charge in [-0.15, -0.1) is 0 Å². The molecule has 0 radical (unpaired) electrons. The molecule has 0 amide bonds. The number of nitrogens with zero attached hydrogens (tertiary/aromatic N) is 1. The molecule has 0 bridgehead atoms. The quantitative estimate of drug-likeness (QED) is 0.846. The van der Waals surface area contributed by atoms with E-state index in [4.69, 9.17) is 5.11 Å². The Hall–Kier alpha value is -1.43. The summed E-state index contributed by atoms with van der Waals surface area (Å²) >= 11 is 0. The number of hydrogen-bond acceptors (Lipinski definition) is 4. The molecule has 1 N–H and O–H groups in total. The van der Waals surface area contributed by atoms with E-state index in [1.165, 1.54) is 18.3 Å². The second-order valence-electron chi connectivity index (χ2n) is 4.00. The van der Waals surface area contributed by atoms with E-state index < -0.39 is 20.6 Å². The topological polar surface area (TPSA) is 84.3 Å². The Morgan fingerprint density at radius 2 is 2.12 bits per heavy atom. The van der Waals surface area contributed by atoms with Crippen molar-refractivity contribution >= 4 is 15.8 Å². The summed E-state index contributed by atoms with van der Waals surface area (Å²) < 4.78 is 22.3. The first kappa shape index (κ1) is 11.1. The minimum Gasteiger partial charge on any atom is -0.478 e. The van der Waals surface area contributed by atoms with Crippen LogP contribution in [0, 0.1) is 0 Å². The van der Waals surface area contributed by atoms with Crippen LogP contribution >= 0.6 is 0 Å². The summed E-state index contributed by atoms with van der Waals surface area (Å²) in [6.45, 7) is 0. The number of aromatic carboxylic acids is 1. The van der Waals surface area contributed by atoms with Crippen LogP contribution in [-0.2, 0) is 14.6 Å². The molecule has 2 rings (SSSR count). The lowest BCUT2D eigenvalue weighted by molar-refractivity contribution is 0.0696. The van der Waals surface area contributed by atoms with E-state index in [0.717, 1.165) is 6.26 Å². The fourth-order valence-electron chi connectivity index (χ4n) is 1.74. The third kappa shape index (κ3) is 1.59. The Labute approximate surface area is 93.1 Å². The first-order valence-corrected chi connectivity index (χ1v) is 6.65. The van der Waals surface area contributed by atoms with Gasteiger partial charge in [0.25, 0.3) is 0 Å². The number of aromatic nitrogens is 1. The molecule has 1 fully saturated rings. The van der Waals surface area contributed by atoms with Crippen LogP contribution < -0.4 is 0 Å². The van der Waals surface area contributed by atoms with Crippen LogP contribution in [0.3, 0.4) is 0 Å². The van der Waals surface area contributed by atoms with E-state index in [0.29, 0.717) is 18.5 Å². The SMILES string of the molecule is CS(=O)(=O)C1(c2cc(C(=O)O)ccn2)CC1. The average Bonchev–Trinajstić information content (AvgIpc) is 2.97. The fraction of sp³-hybridized carbons (Fsp3) is 0.400. The van der Waals surface area contributed by atoms with E-state index in [1.807, 2.05) is 0 Å². The zero-order chi connectivity index (χ0) is 12.0. The molecule has 16 heavy (non-hydrogen) atoms. The van der Waals surface area contributed by atoms with Crippen LogP contribution in [0.25, 0.3) is 0 Å². The number of carbonyl (C=O) groups is 1. The predicted molar refractivity (Wildman–Crippen MR) is 57.0 cm³/mol. The lowest BCUT2D eigenvalue weighted by Crippen LogP contribution is -2.21. The number of carboxylic acid groups (broad SMARTS) is 1. The van der Waals surface area contributed by atoms with Crippen molar-refractivity contribution < 1.29 is 18.3 Å². The normalized spacial score (nSPS) is 18.1. The highest BCUT2D eigenvalue weighted by atomic mass is 32.2. The molecule has 6 heteroatoms. The van der Waals surface area contributed by atoms with Gasteiger partial charge in [0, 0.05) is 12.5 Å². The lowest BCUT2D eigenvalue weighted by atomic mass is 10.2. The van der Waals surface area contributed by atoms with Crippen LogP contribution in [0.1, 0.15) is 28.9 Å². The Balaban J connectivity index is 2.50. The highest BCUT2D eigenvalue weighted by molar-refractivity contribution is 7.91. The number of carboxylic acids is 1. The Kier molecular flexibility index (Phi) is 2.27. The third-order valence-corrected chi connectivity index (χ3v) is 4.92. The summed E-state index contributed by atoms with van der Waals surface area (Å²) in [6.07, 6.45) is 3.53. The Bertz CT molecular complexity index is 546. The molecular weight excluding hydrogens is 230 g/mol. The third-order valence-electron chi connectivity index (χ3n) is 2.89. The average molecular weight is 241 g/mol. The van der Waals surface area contributed by atoms with Gasteiger partial charge in [0.2, 0.25) is 0 Å². The first-order chi connectivity index (χ1) is 7.37. The molecule has 1 aromatic heterocycles. The summed E-state index contributed by atoms with van der Waals surface area (Å²) in [5, 5.41) is 8.82. The van der Waals surface area contributed by atoms with Crippen molar-refractivity contribution in [3.8, 4) is 0 Å². The predicted octanol–water partition coefficient (Wildman–Crippen LogP) is 0.814. The summed E-state index contributed by atoms with van der Waals surface area (Å²) in [5.41, 5.74) is 0.412. The van der Waals surface area contributed by atoms with Gasteiger partial charge in [-0.05, 0) is 25.0 Å². The van der Waals surface area contributed by atoms with E-state index >= 15 is 0 Å². The molecule has 0 aromatic carbocycles. The van der Waals surface area contributed by atoms with Gasteiger partial charge in [0.1, 0.15) is 4.75 Å². The molecule has 1 aliphatic rings. The van der Waals surface area contributed by atoms with E-state index in [9.17, 15) is 13.2 Å². The van der Waals surface area contributed by atoms with Crippen molar-refractivity contribution in [2.24, 2.45) is 0 Å². The molecule has 1 saturated carbocycles. The van der Waals surface area contributed by atoms with Gasteiger partial charge >= 0.3 is 5.97 Å². The van der Waals surface area contributed by atoms with Gasteiger partial charge < -0.3 is 5.11 Å². The highest BCUT2D eigenvalue weighted by Crippen LogP contribution is 2.51. The van der Waals surface area contributed by atoms with E-state index in [-0.39, 0.29) is 5.56 Å². The van der Waals surface area contributed by atoms with Crippen LogP contribution in [0.15, 0.2) is 18.3 Å². The van der Waals surface area contributed by atoms with E-state index in [2.05, 4.69) is 4.98 Å². The second-order valence-corrected chi connectivity index (χ2v) is 6.33. The number of hydrogen-bond donors (Lipinski definition) is 1. The summed E-state index contributed by atoms with van der Waals surface area (Å²) in [7, 11) is -3.24. The molecule has 0 aliphatic heterocycles. The van der Waals surface area contributed by atoms with Gasteiger partial charge in [0.05, 0.1) is 11.3 Å². The van der Waals surface area contributed by atoms with Gasteiger partial charge in [-0.2, -0.15) is 0 Å². The molecule has 0 atom stereocenters. The highest BCUT2D eigenvalue weighted by Gasteiger charge is 2.54. The van der Waals surface area contributed by atoms with E-state index in [1.54, 1.807) is 0 Å². The molecule has 1 aromatic rings. The van der Waals surface area contributed by atoms with Crippen molar-refractivity contribution in [2.75, 3.05) is 6.26 Å². The number of rotatable bonds is 3. The van der Waals surface area contributed by atoms with Gasteiger partial charge in [-0.25, -0.2) is 13.2 Å². The minimum absolute atomic E-state index is 0.0694. The Morgan fingerprint density at radius 3 is 2.56 bits per heavy atom. The summed E-state index contributed by atoms with van der Waals surface area (Å²) in [5.74, 6) is -1.08. The van der Waals surface area contributed by atoms with Crippen LogP contribution in [0.4, 0.5) is 0 Å². The van der Waals surface area contributed by atoms with Gasteiger partial charge in [-0.3, -0.25) is 4.98 Å². The van der Waals surface area contributed by atoms with Gasteiger partial charge in [0.15, 0.2) is 9.84 Å². The Morgan fingerprint density at radius 1 is 1.50 bits per heavy atom. The van der Waals surface area contributed by atoms with Crippen molar-refractivity contribution in [1.82, 2.24) is 4.98 Å². The minimum atomic E-state index is -3.24. The van der Waals surface area contributed by atoms with Crippen molar-refractivity contribution in [1.29, 1.82) is 0 Å². The molecular formula is C10H11NO4S. The van der Waals surface area contributed by atoms with Crippen molar-refractivity contribution in [3.05, 3.63) is 29.6 Å². The maximum Gasteiger partial charge on any atom is 0.335 e. The largest absolute Gasteiger partial charge is 0.478 e. The number of sulfone groups is 1. The zero-order valence-corrected chi connectivity index (χ0v) is 9.49. The maximum absolute atomic E-state index is 11.6. The maximum atomic E-state index is 11.6. The smallest absolute Gasteiger partial charge is 0.335 e. The second kappa shape index (κ2) is 3.28. The summed E-state index contributed by atoms with van der Waals surface area (Å²) in [4.78, 5) is 14.8. The molecule has 0 saturated heterocycles. The van der Waals surface area contributed by atoms with Crippen molar-refractivity contribution in [3.63, 3.8) is 0 Å². The van der Waals surface area contributed by atoms with Crippen LogP contribution in [0.2, 0.25) is 0 Å². The monoisotopic (exact) mass is 241 g/mol. The van der Waals surface area contributed by atoms with Crippen LogP contribution in [0.5, 0.6) is 0 Å². The molecule has 0 spiro atoms. The first-order valence-electron chi connectivity index (χ1n) is 4.76. The molecule has 0 unspecified atom stereocenters. The molecule has 1 aliphatic carbocycles. The van der Waals surface area contributed by atoms with Gasteiger partial charge in [-0.1, -0.05) is 0 Å². The molecule has 1 heterocycles. The molecule has 86 valence electrons. The zero-order valence-electron chi connectivity index (χ0n) is 8.67. The van der Waals surface area contributed by atoms with Crippen molar-refractivity contribution in [2.45, 2.75) is 17.6 Å². The summed E-state index contributed by atoms with van der Waals surface area (Å²) in [6, 6.07) is 2.70. The molecule has 5 nitrogen and oxygen atoms in total. The standard InChI is InChI=1S/C10H11NO4S/c1-16(14,15)10(3-4-10)8-6-7(9(12)13)2-5-11-8/h2,5-6H,3-4H2,1H3,(H,12,13). The van der Waals surface area contributed by atoms with Crippen LogP contribution in [-0.4, -0.2) is 30.7 Å². The lowest BCUT2D eigenvalue weighted by Gasteiger charge is -2.12.